The van der Waals surface area contributed by atoms with Crippen LogP contribution in [0.2, 0.25) is 0 Å². The van der Waals surface area contributed by atoms with Crippen molar-refractivity contribution in [2.24, 2.45) is 0 Å². The number of alkyl halides is 2. The molecule has 0 fully saturated rings. The first kappa shape index (κ1) is 17.2. The molecule has 1 N–H and O–H groups in total. The van der Waals surface area contributed by atoms with Gasteiger partial charge in [0.2, 0.25) is 0 Å². The third-order valence-electron chi connectivity index (χ3n) is 3.03. The van der Waals surface area contributed by atoms with E-state index in [-0.39, 0.29) is 11.4 Å². The van der Waals surface area contributed by atoms with Gasteiger partial charge < -0.3 is 14.8 Å². The number of ether oxygens (including phenoxy) is 2. The number of amides is 1. The van der Waals surface area contributed by atoms with Gasteiger partial charge in [0.05, 0.1) is 17.3 Å². The zero-order valence-corrected chi connectivity index (χ0v) is 12.7. The van der Waals surface area contributed by atoms with E-state index in [4.69, 9.17) is 10.00 Å². The molecule has 24 heavy (non-hydrogen) atoms. The van der Waals surface area contributed by atoms with Gasteiger partial charge in [-0.15, -0.1) is 0 Å². The molecular formula is C17H14F2N2O3. The van der Waals surface area contributed by atoms with Crippen LogP contribution in [0.15, 0.2) is 48.5 Å². The lowest BCUT2D eigenvalue weighted by atomic mass is 10.2. The van der Waals surface area contributed by atoms with Crippen molar-refractivity contribution in [1.82, 2.24) is 0 Å². The van der Waals surface area contributed by atoms with Gasteiger partial charge in [0.1, 0.15) is 11.5 Å². The minimum atomic E-state index is -2.99. The van der Waals surface area contributed by atoms with Crippen LogP contribution in [0.4, 0.5) is 14.5 Å². The highest BCUT2D eigenvalue weighted by atomic mass is 19.3. The number of anilines is 1. The van der Waals surface area contributed by atoms with E-state index in [0.29, 0.717) is 11.3 Å². The monoisotopic (exact) mass is 332 g/mol. The lowest BCUT2D eigenvalue weighted by Gasteiger charge is -2.16. The standard InChI is InChI=1S/C17H14F2N2O3/c1-11(23-13-8-6-12(10-20)7-9-13)16(22)21-14-4-2-3-5-15(14)24-17(18)19/h2-9,11,17H,1H3,(H,21,22)/t11-/m0/s1. The number of hydrogen-bond donors (Lipinski definition) is 1. The van der Waals surface area contributed by atoms with Crippen LogP contribution in [0, 0.1) is 11.3 Å². The topological polar surface area (TPSA) is 71.3 Å². The van der Waals surface area contributed by atoms with E-state index in [1.165, 1.54) is 25.1 Å². The predicted octanol–water partition coefficient (Wildman–Crippen LogP) is 3.57. The number of nitriles is 1. The van der Waals surface area contributed by atoms with Crippen molar-refractivity contribution in [3.8, 4) is 17.6 Å². The summed E-state index contributed by atoms with van der Waals surface area (Å²) < 4.78 is 34.5. The fraction of sp³-hybridized carbons (Fsp3) is 0.176. The first-order valence-corrected chi connectivity index (χ1v) is 7.01. The molecule has 0 aliphatic heterocycles. The van der Waals surface area contributed by atoms with Gasteiger partial charge in [-0.2, -0.15) is 14.0 Å². The molecule has 0 radical (unpaired) electrons. The van der Waals surface area contributed by atoms with E-state index in [1.54, 1.807) is 30.3 Å². The maximum atomic E-state index is 12.4. The van der Waals surface area contributed by atoms with Crippen LogP contribution >= 0.6 is 0 Å². The van der Waals surface area contributed by atoms with Gasteiger partial charge in [-0.05, 0) is 43.3 Å². The highest BCUT2D eigenvalue weighted by Crippen LogP contribution is 2.25. The number of halogens is 2. The first-order chi connectivity index (χ1) is 11.5. The summed E-state index contributed by atoms with van der Waals surface area (Å²) in [5.41, 5.74) is 0.593. The van der Waals surface area contributed by atoms with Crippen molar-refractivity contribution < 1.29 is 23.0 Å². The minimum absolute atomic E-state index is 0.123. The Hall–Kier alpha value is -3.14. The Morgan fingerprint density at radius 2 is 1.79 bits per heavy atom. The molecule has 0 saturated heterocycles. The maximum absolute atomic E-state index is 12.4. The molecule has 2 aromatic carbocycles. The molecule has 1 amide bonds. The summed E-state index contributed by atoms with van der Waals surface area (Å²) in [4.78, 5) is 12.1. The fourth-order valence-corrected chi connectivity index (χ4v) is 1.87. The molecule has 7 heteroatoms. The van der Waals surface area contributed by atoms with Crippen LogP contribution in [-0.2, 0) is 4.79 Å². The second-order valence-electron chi connectivity index (χ2n) is 4.76. The fourth-order valence-electron chi connectivity index (χ4n) is 1.87. The quantitative estimate of drug-likeness (QED) is 0.878. The third-order valence-corrected chi connectivity index (χ3v) is 3.03. The highest BCUT2D eigenvalue weighted by Gasteiger charge is 2.17. The molecule has 0 spiro atoms. The van der Waals surface area contributed by atoms with E-state index < -0.39 is 18.6 Å². The number of benzene rings is 2. The van der Waals surface area contributed by atoms with E-state index in [2.05, 4.69) is 10.1 Å². The lowest BCUT2D eigenvalue weighted by molar-refractivity contribution is -0.122. The first-order valence-electron chi connectivity index (χ1n) is 7.01. The van der Waals surface area contributed by atoms with Crippen molar-refractivity contribution in [3.63, 3.8) is 0 Å². The molecule has 0 aliphatic rings. The molecule has 0 saturated carbocycles. The Balaban J connectivity index is 2.02. The van der Waals surface area contributed by atoms with Gasteiger partial charge >= 0.3 is 6.61 Å². The minimum Gasteiger partial charge on any atom is -0.481 e. The predicted molar refractivity (Wildman–Crippen MR) is 83.0 cm³/mol. The van der Waals surface area contributed by atoms with Gasteiger partial charge in [0.15, 0.2) is 6.10 Å². The van der Waals surface area contributed by atoms with Gasteiger partial charge in [0.25, 0.3) is 5.91 Å². The molecule has 124 valence electrons. The Morgan fingerprint density at radius 3 is 2.42 bits per heavy atom. The van der Waals surface area contributed by atoms with E-state index in [9.17, 15) is 13.6 Å². The Morgan fingerprint density at radius 1 is 1.12 bits per heavy atom. The van der Waals surface area contributed by atoms with Gasteiger partial charge in [0, 0.05) is 0 Å². The van der Waals surface area contributed by atoms with E-state index in [0.717, 1.165) is 0 Å². The summed E-state index contributed by atoms with van der Waals surface area (Å²) >= 11 is 0. The van der Waals surface area contributed by atoms with Crippen LogP contribution in [0.3, 0.4) is 0 Å². The summed E-state index contributed by atoms with van der Waals surface area (Å²) in [7, 11) is 0. The molecule has 5 nitrogen and oxygen atoms in total. The molecule has 0 bridgehead atoms. The van der Waals surface area contributed by atoms with Crippen molar-refractivity contribution in [2.45, 2.75) is 19.6 Å². The average molecular weight is 332 g/mol. The number of carbonyl (C=O) groups excluding carboxylic acids is 1. The van der Waals surface area contributed by atoms with Crippen molar-refractivity contribution in [3.05, 3.63) is 54.1 Å². The number of nitrogens with one attached hydrogen (secondary N) is 1. The summed E-state index contributed by atoms with van der Waals surface area (Å²) in [6.07, 6.45) is -0.877. The summed E-state index contributed by atoms with van der Waals surface area (Å²) in [5, 5.41) is 11.2. The lowest BCUT2D eigenvalue weighted by Crippen LogP contribution is -2.30. The summed E-state index contributed by atoms with van der Waals surface area (Å²) in [6.45, 7) is -1.47. The number of rotatable bonds is 6. The highest BCUT2D eigenvalue weighted by molar-refractivity contribution is 5.95. The van der Waals surface area contributed by atoms with Crippen LogP contribution in [0.25, 0.3) is 0 Å². The van der Waals surface area contributed by atoms with Crippen LogP contribution < -0.4 is 14.8 Å². The second kappa shape index (κ2) is 7.92. The SMILES string of the molecule is C[C@H](Oc1ccc(C#N)cc1)C(=O)Nc1ccccc1OC(F)F. The summed E-state index contributed by atoms with van der Waals surface area (Å²) in [5.74, 6) is -0.245. The number of nitrogens with zero attached hydrogens (tertiary/aromatic N) is 1. The van der Waals surface area contributed by atoms with E-state index >= 15 is 0 Å². The molecule has 0 heterocycles. The second-order valence-corrected chi connectivity index (χ2v) is 4.76. The number of carbonyl (C=O) groups is 1. The molecule has 0 unspecified atom stereocenters. The third kappa shape index (κ3) is 4.68. The van der Waals surface area contributed by atoms with Crippen LogP contribution in [-0.4, -0.2) is 18.6 Å². The smallest absolute Gasteiger partial charge is 0.387 e. The normalized spacial score (nSPS) is 11.5. The Kier molecular flexibility index (Phi) is 5.68. The van der Waals surface area contributed by atoms with Crippen molar-refractivity contribution >= 4 is 11.6 Å². The Labute approximate surface area is 137 Å². The van der Waals surface area contributed by atoms with Gasteiger partial charge in [-0.25, -0.2) is 0 Å². The molecule has 2 rings (SSSR count). The van der Waals surface area contributed by atoms with Crippen LogP contribution in [0.5, 0.6) is 11.5 Å². The van der Waals surface area contributed by atoms with E-state index in [1.807, 2.05) is 6.07 Å². The van der Waals surface area contributed by atoms with Crippen molar-refractivity contribution in [2.75, 3.05) is 5.32 Å². The number of para-hydroxylation sites is 2. The largest absolute Gasteiger partial charge is 0.481 e. The average Bonchev–Trinajstić information content (AvgIpc) is 2.56. The number of hydrogen-bond acceptors (Lipinski definition) is 4. The Bertz CT molecular complexity index is 742. The molecule has 2 aromatic rings. The summed E-state index contributed by atoms with van der Waals surface area (Å²) in [6, 6.07) is 14.1. The molecule has 1 atom stereocenters. The zero-order valence-electron chi connectivity index (χ0n) is 12.7. The van der Waals surface area contributed by atoms with Crippen LogP contribution in [0.1, 0.15) is 12.5 Å². The van der Waals surface area contributed by atoms with Gasteiger partial charge in [-0.3, -0.25) is 4.79 Å². The zero-order chi connectivity index (χ0) is 17.5. The molecule has 0 aliphatic carbocycles. The van der Waals surface area contributed by atoms with Crippen molar-refractivity contribution in [1.29, 1.82) is 5.26 Å². The molecular weight excluding hydrogens is 318 g/mol. The molecule has 0 aromatic heterocycles. The van der Waals surface area contributed by atoms with Gasteiger partial charge in [-0.1, -0.05) is 12.1 Å². The maximum Gasteiger partial charge on any atom is 0.387 e.